The van der Waals surface area contributed by atoms with Crippen LogP contribution in [0.15, 0.2) is 42.6 Å². The Kier molecular flexibility index (Phi) is 5.78. The van der Waals surface area contributed by atoms with Gasteiger partial charge in [-0.05, 0) is 55.2 Å². The molecule has 0 aliphatic heterocycles. The first-order valence-corrected chi connectivity index (χ1v) is 10.5. The van der Waals surface area contributed by atoms with Crippen molar-refractivity contribution < 1.29 is 27.8 Å². The summed E-state index contributed by atoms with van der Waals surface area (Å²) in [5.41, 5.74) is 0.949. The van der Waals surface area contributed by atoms with Gasteiger partial charge in [0.15, 0.2) is 5.60 Å². The van der Waals surface area contributed by atoms with E-state index in [0.29, 0.717) is 28.2 Å². The lowest BCUT2D eigenvalue weighted by molar-refractivity contribution is -0.262. The first kappa shape index (κ1) is 23.0. The molecular formula is C24H24F3N3O3. The highest BCUT2D eigenvalue weighted by molar-refractivity contribution is 5.89. The number of fused-ring (bicyclic) bond motifs is 1. The number of aromatic nitrogens is 3. The molecule has 2 heterocycles. The molecule has 4 rings (SSSR count). The lowest BCUT2D eigenvalue weighted by Gasteiger charge is -2.29. The molecule has 0 spiro atoms. The molecule has 1 aromatic carbocycles. The van der Waals surface area contributed by atoms with Gasteiger partial charge in [-0.15, -0.1) is 0 Å². The molecule has 0 radical (unpaired) electrons. The average Bonchev–Trinajstić information content (AvgIpc) is 2.99. The van der Waals surface area contributed by atoms with Crippen molar-refractivity contribution in [1.29, 1.82) is 0 Å². The number of carbonyl (C=O) groups is 1. The maximum absolute atomic E-state index is 13.9. The Morgan fingerprint density at radius 2 is 2.03 bits per heavy atom. The maximum atomic E-state index is 13.9. The Labute approximate surface area is 189 Å². The van der Waals surface area contributed by atoms with E-state index < -0.39 is 36.5 Å². The van der Waals surface area contributed by atoms with E-state index in [-0.39, 0.29) is 6.42 Å². The van der Waals surface area contributed by atoms with Gasteiger partial charge in [0.1, 0.15) is 5.69 Å². The minimum Gasteiger partial charge on any atom is -0.465 e. The summed E-state index contributed by atoms with van der Waals surface area (Å²) in [6.45, 7) is 1.80. The monoisotopic (exact) mass is 459 g/mol. The molecule has 2 aromatic heterocycles. The summed E-state index contributed by atoms with van der Waals surface area (Å²) in [4.78, 5) is 16.3. The summed E-state index contributed by atoms with van der Waals surface area (Å²) < 4.78 is 47.9. The number of aliphatic hydroxyl groups is 1. The number of nitrogens with zero attached hydrogens (tertiary/aromatic N) is 3. The van der Waals surface area contributed by atoms with Gasteiger partial charge in [0, 0.05) is 36.8 Å². The fraction of sp³-hybridized carbons (Fsp3) is 0.375. The molecule has 33 heavy (non-hydrogen) atoms. The SMILES string of the molecule is COC(=O)c1ccc([C@@H]2CC[C@@](O)(C(F)(F)F)Cc3c2c(-c2ccccn2)nn3C)c(C)c1. The standard InChI is InChI=1S/C24H24F3N3O3/c1-14-12-15(22(31)33-3)7-8-16(14)17-9-10-23(32,24(25,26)27)13-19-20(17)21(29-30(19)2)18-6-4-5-11-28-18/h4-8,11-12,17,32H,9-10,13H2,1-3H3/t17-,23-/m0/s1. The van der Waals surface area contributed by atoms with Gasteiger partial charge >= 0.3 is 12.1 Å². The van der Waals surface area contributed by atoms with Crippen LogP contribution < -0.4 is 0 Å². The van der Waals surface area contributed by atoms with Crippen LogP contribution in [-0.4, -0.2) is 44.7 Å². The van der Waals surface area contributed by atoms with Crippen LogP contribution in [0.4, 0.5) is 13.2 Å². The molecular weight excluding hydrogens is 435 g/mol. The molecule has 9 heteroatoms. The third kappa shape index (κ3) is 4.01. The number of hydrogen-bond acceptors (Lipinski definition) is 5. The Balaban J connectivity index is 1.93. The van der Waals surface area contributed by atoms with E-state index in [2.05, 4.69) is 10.1 Å². The normalized spacial score (nSPS) is 20.8. The second-order valence-electron chi connectivity index (χ2n) is 8.41. The van der Waals surface area contributed by atoms with Crippen molar-refractivity contribution in [2.75, 3.05) is 7.11 Å². The van der Waals surface area contributed by atoms with E-state index in [0.717, 1.165) is 11.1 Å². The van der Waals surface area contributed by atoms with Crippen molar-refractivity contribution in [3.8, 4) is 11.4 Å². The van der Waals surface area contributed by atoms with Crippen molar-refractivity contribution in [2.24, 2.45) is 7.05 Å². The Morgan fingerprint density at radius 1 is 1.27 bits per heavy atom. The molecule has 1 aliphatic carbocycles. The van der Waals surface area contributed by atoms with Crippen LogP contribution in [-0.2, 0) is 18.2 Å². The number of ether oxygens (including phenoxy) is 1. The number of alkyl halides is 3. The quantitative estimate of drug-likeness (QED) is 0.466. The number of methoxy groups -OCH3 is 1. The van der Waals surface area contributed by atoms with Crippen LogP contribution in [0.2, 0.25) is 0 Å². The number of pyridine rings is 1. The predicted molar refractivity (Wildman–Crippen MR) is 115 cm³/mol. The zero-order chi connectivity index (χ0) is 24.0. The smallest absolute Gasteiger partial charge is 0.417 e. The van der Waals surface area contributed by atoms with E-state index in [1.807, 2.05) is 0 Å². The van der Waals surface area contributed by atoms with Gasteiger partial charge in [0.05, 0.1) is 18.4 Å². The topological polar surface area (TPSA) is 77.2 Å². The molecule has 2 atom stereocenters. The molecule has 0 amide bonds. The highest BCUT2D eigenvalue weighted by Gasteiger charge is 2.55. The predicted octanol–water partition coefficient (Wildman–Crippen LogP) is 4.34. The second-order valence-corrected chi connectivity index (χ2v) is 8.41. The van der Waals surface area contributed by atoms with E-state index in [4.69, 9.17) is 4.74 Å². The molecule has 1 aliphatic rings. The van der Waals surface area contributed by atoms with Crippen molar-refractivity contribution >= 4 is 5.97 Å². The molecule has 0 saturated heterocycles. The van der Waals surface area contributed by atoms with Crippen LogP contribution in [0.3, 0.4) is 0 Å². The zero-order valence-corrected chi connectivity index (χ0v) is 18.5. The number of halogens is 3. The van der Waals surface area contributed by atoms with Gasteiger partial charge < -0.3 is 9.84 Å². The van der Waals surface area contributed by atoms with Crippen LogP contribution in [0.5, 0.6) is 0 Å². The van der Waals surface area contributed by atoms with Crippen LogP contribution in [0.1, 0.15) is 51.5 Å². The van der Waals surface area contributed by atoms with E-state index in [1.165, 1.54) is 11.8 Å². The molecule has 6 nitrogen and oxygen atoms in total. The number of esters is 1. The van der Waals surface area contributed by atoms with Crippen molar-refractivity contribution in [3.05, 3.63) is 70.5 Å². The highest BCUT2D eigenvalue weighted by Crippen LogP contribution is 2.47. The van der Waals surface area contributed by atoms with Gasteiger partial charge in [-0.3, -0.25) is 9.67 Å². The minimum atomic E-state index is -4.79. The van der Waals surface area contributed by atoms with Crippen molar-refractivity contribution in [1.82, 2.24) is 14.8 Å². The number of hydrogen-bond donors (Lipinski definition) is 1. The third-order valence-electron chi connectivity index (χ3n) is 6.36. The van der Waals surface area contributed by atoms with Gasteiger partial charge in [-0.2, -0.15) is 18.3 Å². The summed E-state index contributed by atoms with van der Waals surface area (Å²) in [6, 6.07) is 10.3. The number of rotatable bonds is 3. The summed E-state index contributed by atoms with van der Waals surface area (Å²) in [7, 11) is 2.87. The molecule has 3 aromatic rings. The summed E-state index contributed by atoms with van der Waals surface area (Å²) in [6.07, 6.45) is -4.20. The van der Waals surface area contributed by atoms with Gasteiger partial charge in [0.25, 0.3) is 0 Å². The lowest BCUT2D eigenvalue weighted by Crippen LogP contribution is -2.47. The van der Waals surface area contributed by atoms with E-state index in [1.54, 1.807) is 56.6 Å². The fourth-order valence-electron chi connectivity index (χ4n) is 4.60. The molecule has 0 bridgehead atoms. The van der Waals surface area contributed by atoms with Gasteiger partial charge in [0.2, 0.25) is 0 Å². The molecule has 0 unspecified atom stereocenters. The number of benzene rings is 1. The summed E-state index contributed by atoms with van der Waals surface area (Å²) >= 11 is 0. The molecule has 174 valence electrons. The van der Waals surface area contributed by atoms with Crippen LogP contribution >= 0.6 is 0 Å². The maximum Gasteiger partial charge on any atom is 0.417 e. The second kappa shape index (κ2) is 8.30. The van der Waals surface area contributed by atoms with Gasteiger partial charge in [-0.1, -0.05) is 12.1 Å². The average molecular weight is 459 g/mol. The van der Waals surface area contributed by atoms with Gasteiger partial charge in [-0.25, -0.2) is 4.79 Å². The number of aryl methyl sites for hydroxylation is 2. The van der Waals surface area contributed by atoms with Crippen LogP contribution in [0, 0.1) is 6.92 Å². The number of carbonyl (C=O) groups excluding carboxylic acids is 1. The Morgan fingerprint density at radius 3 is 2.64 bits per heavy atom. The Hall–Kier alpha value is -3.20. The van der Waals surface area contributed by atoms with E-state index in [9.17, 15) is 23.1 Å². The van der Waals surface area contributed by atoms with Crippen molar-refractivity contribution in [3.63, 3.8) is 0 Å². The molecule has 1 N–H and O–H groups in total. The molecule has 0 saturated carbocycles. The third-order valence-corrected chi connectivity index (χ3v) is 6.36. The highest BCUT2D eigenvalue weighted by atomic mass is 19.4. The largest absolute Gasteiger partial charge is 0.465 e. The summed E-state index contributed by atoms with van der Waals surface area (Å²) in [5.74, 6) is -0.970. The minimum absolute atomic E-state index is 0.0486. The summed E-state index contributed by atoms with van der Waals surface area (Å²) in [5, 5.41) is 15.2. The first-order valence-electron chi connectivity index (χ1n) is 10.5. The first-order chi connectivity index (χ1) is 15.6. The zero-order valence-electron chi connectivity index (χ0n) is 18.5. The lowest BCUT2D eigenvalue weighted by atomic mass is 9.83. The van der Waals surface area contributed by atoms with E-state index >= 15 is 0 Å². The fourth-order valence-corrected chi connectivity index (χ4v) is 4.60. The molecule has 0 fully saturated rings. The van der Waals surface area contributed by atoms with Crippen molar-refractivity contribution in [2.45, 2.75) is 43.9 Å². The Bertz CT molecular complexity index is 1190. The van der Waals surface area contributed by atoms with Crippen LogP contribution in [0.25, 0.3) is 11.4 Å².